The zero-order valence-electron chi connectivity index (χ0n) is 38.1. The number of Topliss-reactive ketones (excluding diaryl/α,β-unsaturated/α-hetero) is 2. The van der Waals surface area contributed by atoms with Crippen LogP contribution in [0.2, 0.25) is 0 Å². The van der Waals surface area contributed by atoms with E-state index in [9.17, 15) is 30.6 Å². The molecular weight excluding hydrogens is 1840 g/mol. The van der Waals surface area contributed by atoms with Gasteiger partial charge in [-0.3, -0.25) is 9.59 Å². The fourth-order valence-corrected chi connectivity index (χ4v) is 13.8. The normalized spacial score (nSPS) is 12.4. The minimum absolute atomic E-state index is 0.112. The molecule has 0 amide bonds. The maximum atomic E-state index is 12.3. The summed E-state index contributed by atoms with van der Waals surface area (Å²) in [4.78, 5) is 25.5. The maximum Gasteiger partial charge on any atom is 0.272 e. The number of tetrazole rings is 1. The lowest BCUT2D eigenvalue weighted by atomic mass is 9.96. The number of fused-ring (bicyclic) bond motifs is 1. The van der Waals surface area contributed by atoms with E-state index >= 15 is 0 Å². The zero-order valence-corrected chi connectivity index (χ0v) is 59.6. The summed E-state index contributed by atoms with van der Waals surface area (Å²) in [6.45, 7) is 3.70. The van der Waals surface area contributed by atoms with Crippen molar-refractivity contribution in [1.29, 1.82) is 0 Å². The Kier molecular flexibility index (Phi) is 24.8. The molecule has 402 valence electrons. The summed E-state index contributed by atoms with van der Waals surface area (Å²) in [6.07, 6.45) is 0. The van der Waals surface area contributed by atoms with Crippen molar-refractivity contribution in [2.24, 2.45) is 0 Å². The maximum absolute atomic E-state index is 12.3. The number of aromatic nitrogens is 6. The van der Waals surface area contributed by atoms with Gasteiger partial charge in [-0.15, -0.1) is 20.4 Å². The molecule has 8 aromatic rings. The van der Waals surface area contributed by atoms with Gasteiger partial charge in [-0.25, -0.2) is 25.2 Å². The number of H-pyrrole nitrogens is 1. The molecule has 0 bridgehead atoms. The number of carbonyl (C=O) groups excluding carboxylic acids is 2. The van der Waals surface area contributed by atoms with Crippen molar-refractivity contribution in [2.75, 3.05) is 0 Å². The number of rotatable bonds is 12. The van der Waals surface area contributed by atoms with E-state index in [0.29, 0.717) is 38.2 Å². The van der Waals surface area contributed by atoms with E-state index in [0.717, 1.165) is 27.5 Å². The molecule has 1 unspecified atom stereocenters. The second-order valence-corrected chi connectivity index (χ2v) is 46.3. The molecule has 8 rings (SSSR count). The first-order chi connectivity index (χ1) is 35.5. The van der Waals surface area contributed by atoms with Crippen LogP contribution in [-0.4, -0.2) is 73.9 Å². The second-order valence-electron chi connectivity index (χ2n) is 14.9. The number of benzene rings is 6. The minimum Gasteiger partial charge on any atom is -0.416 e. The predicted molar refractivity (Wildman–Crippen MR) is 338 cm³/mol. The Balaban J connectivity index is 0.000000189. The summed E-state index contributed by atoms with van der Waals surface area (Å²) in [7, 11) is -7.05. The standard InChI is InChI=1S/C15H10Br2N2O3S.C14H8Br4O2.C9H9Br3O2S.C8H5Br3N4O2S/c16-15(17,22-23(20)12-9-5-2-6-10-12)14-19-18-13(21-14)11-7-3-1-4-8-11;15-13(16)11(19)9-5-7-3-1-2-4-8(7)6-10(9)12(20)14(17)18;1-6-3-4-8(7(2)5-6)15(13,14)9(10,11)12;9-8(10,11)18(16,17)6-3-1-5(2-4-6)7-12-14-15-13-7/h1-10H;1-6,13-14H;3-5H,1-2H3;1-4H,(H,12,13,14,15). The number of sulfone groups is 2. The molecule has 0 aliphatic heterocycles. The van der Waals surface area contributed by atoms with Gasteiger partial charge in [0.2, 0.25) is 34.3 Å². The average molecular weight is 1870 g/mol. The molecule has 2 heterocycles. The molecule has 6 aromatic carbocycles. The molecule has 2 aromatic heterocycles. The van der Waals surface area contributed by atoms with Crippen LogP contribution in [0.1, 0.15) is 37.7 Å². The fourth-order valence-electron chi connectivity index (χ4n) is 6.06. The lowest BCUT2D eigenvalue weighted by Crippen LogP contribution is -2.18. The molecule has 0 aliphatic rings. The molecule has 76 heavy (non-hydrogen) atoms. The summed E-state index contributed by atoms with van der Waals surface area (Å²) >= 11 is 35.7. The van der Waals surface area contributed by atoms with Crippen molar-refractivity contribution < 1.29 is 39.2 Å². The van der Waals surface area contributed by atoms with Gasteiger partial charge in [0.05, 0.1) is 14.7 Å². The molecule has 0 aliphatic carbocycles. The summed E-state index contributed by atoms with van der Waals surface area (Å²) in [5.41, 5.74) is 4.03. The fraction of sp³-hybridized carbons (Fsp3) is 0.152. The van der Waals surface area contributed by atoms with E-state index in [4.69, 9.17) is 8.60 Å². The highest BCUT2D eigenvalue weighted by atomic mass is 80.0. The Hall–Kier alpha value is -1.10. The van der Waals surface area contributed by atoms with Crippen LogP contribution in [0.25, 0.3) is 33.6 Å². The molecule has 0 saturated carbocycles. The Morgan fingerprint density at radius 3 is 1.57 bits per heavy atom. The number of aromatic amines is 1. The van der Waals surface area contributed by atoms with Crippen LogP contribution >= 0.6 is 191 Å². The van der Waals surface area contributed by atoms with Gasteiger partial charge in [-0.05, 0) is 230 Å². The molecule has 0 spiro atoms. The van der Waals surface area contributed by atoms with Gasteiger partial charge < -0.3 is 4.42 Å². The summed E-state index contributed by atoms with van der Waals surface area (Å²) < 4.78 is 66.5. The van der Waals surface area contributed by atoms with E-state index in [1.807, 2.05) is 73.7 Å². The third-order valence-electron chi connectivity index (χ3n) is 9.62. The number of hydrogen-bond donors (Lipinski definition) is 1. The summed E-state index contributed by atoms with van der Waals surface area (Å²) in [5.74, 6) is 0.500. The largest absolute Gasteiger partial charge is 0.416 e. The van der Waals surface area contributed by atoms with Crippen molar-refractivity contribution in [2.45, 2.75) is 42.4 Å². The van der Waals surface area contributed by atoms with E-state index < -0.39 is 44.6 Å². The van der Waals surface area contributed by atoms with Crippen LogP contribution in [0, 0.1) is 13.8 Å². The third-order valence-corrected chi connectivity index (χ3v) is 24.6. The topological polar surface area (TPSA) is 222 Å². The Labute approximate surface area is 539 Å². The number of nitrogens with one attached hydrogen (secondary N) is 1. The predicted octanol–water partition coefficient (Wildman–Crippen LogP) is 16.1. The monoisotopic (exact) mass is 1860 g/mol. The molecule has 15 nitrogen and oxygen atoms in total. The molecular formula is C46H32Br12N6O9S3. The number of nitrogens with zero attached hydrogens (tertiary/aromatic N) is 5. The van der Waals surface area contributed by atoms with E-state index in [2.05, 4.69) is 222 Å². The number of ketones is 2. The Morgan fingerprint density at radius 1 is 0.605 bits per heavy atom. The van der Waals surface area contributed by atoms with E-state index in [-0.39, 0.29) is 22.4 Å². The van der Waals surface area contributed by atoms with Gasteiger partial charge in [0.25, 0.3) is 9.31 Å². The minimum atomic E-state index is -3.58. The second kappa shape index (κ2) is 28.7. The van der Waals surface area contributed by atoms with Crippen molar-refractivity contribution >= 4 is 244 Å². The molecule has 1 atom stereocenters. The Bertz CT molecular complexity index is 3480. The number of halogens is 12. The van der Waals surface area contributed by atoms with Gasteiger partial charge in [-0.2, -0.15) is 5.21 Å². The number of aryl methyl sites for hydroxylation is 2. The van der Waals surface area contributed by atoms with Crippen LogP contribution < -0.4 is 0 Å². The van der Waals surface area contributed by atoms with Crippen molar-refractivity contribution in [3.8, 4) is 22.8 Å². The first kappa shape index (κ1) is 65.7. The van der Waals surface area contributed by atoms with Gasteiger partial charge in [-0.1, -0.05) is 142 Å². The molecule has 0 fully saturated rings. The quantitative estimate of drug-likeness (QED) is 0.0888. The van der Waals surface area contributed by atoms with Gasteiger partial charge in [0.1, 0.15) is 7.47 Å². The number of hydrogen-bond acceptors (Lipinski definition) is 14. The molecule has 0 radical (unpaired) electrons. The zero-order chi connectivity index (χ0) is 56.4. The third kappa shape index (κ3) is 17.7. The molecule has 1 N–H and O–H groups in total. The highest BCUT2D eigenvalue weighted by Gasteiger charge is 2.39. The van der Waals surface area contributed by atoms with Crippen molar-refractivity contribution in [1.82, 2.24) is 30.8 Å². The SMILES string of the molecule is Cc1ccc(S(=O)(=O)C(Br)(Br)Br)c(C)c1.O=C(c1cc2ccccc2cc1C(=O)C(Br)Br)C(Br)Br.O=S(=O)(c1ccc(-c2nn[nH]n2)cc1)C(Br)(Br)Br.O=S(OC(Br)(Br)c1nnc(-c2ccccc2)o1)c1ccccc1. The lowest BCUT2D eigenvalue weighted by Gasteiger charge is -2.15. The van der Waals surface area contributed by atoms with E-state index in [1.165, 1.54) is 12.1 Å². The van der Waals surface area contributed by atoms with Crippen LogP contribution in [0.4, 0.5) is 0 Å². The summed E-state index contributed by atoms with van der Waals surface area (Å²) in [6, 6.07) is 40.7. The number of carbonyl (C=O) groups is 2. The smallest absolute Gasteiger partial charge is 0.272 e. The van der Waals surface area contributed by atoms with E-state index in [1.54, 1.807) is 67.6 Å². The van der Waals surface area contributed by atoms with Gasteiger partial charge in [0.15, 0.2) is 22.6 Å². The molecule has 30 heteroatoms. The van der Waals surface area contributed by atoms with Crippen molar-refractivity contribution in [3.05, 3.63) is 168 Å². The number of alkyl halides is 12. The average Bonchev–Trinajstić information content (AvgIpc) is 4.11. The first-order valence-electron chi connectivity index (χ1n) is 20.6. The van der Waals surface area contributed by atoms with Crippen LogP contribution in [0.15, 0.2) is 159 Å². The molecule has 0 saturated heterocycles. The van der Waals surface area contributed by atoms with Crippen LogP contribution in [0.5, 0.6) is 0 Å². The first-order valence-corrected chi connectivity index (χ1v) is 34.7. The van der Waals surface area contributed by atoms with Gasteiger partial charge >= 0.3 is 0 Å². The highest BCUT2D eigenvalue weighted by Crippen LogP contribution is 2.45. The summed E-state index contributed by atoms with van der Waals surface area (Å²) in [5, 5.41) is 23.1. The van der Waals surface area contributed by atoms with Crippen LogP contribution in [-0.2, 0) is 38.4 Å². The van der Waals surface area contributed by atoms with Gasteiger partial charge in [0, 0.05) is 22.3 Å². The van der Waals surface area contributed by atoms with Crippen molar-refractivity contribution in [3.63, 3.8) is 0 Å². The van der Waals surface area contributed by atoms with Crippen LogP contribution in [0.3, 0.4) is 0 Å². The lowest BCUT2D eigenvalue weighted by molar-refractivity contribution is 0.0981. The Morgan fingerprint density at radius 2 is 1.11 bits per heavy atom. The highest BCUT2D eigenvalue weighted by molar-refractivity contribution is 9.42.